The van der Waals surface area contributed by atoms with Crippen molar-refractivity contribution in [3.8, 4) is 17.0 Å². The topological polar surface area (TPSA) is 39.2 Å². The Balaban J connectivity index is 2.48. The van der Waals surface area contributed by atoms with Crippen LogP contribution in [0.2, 0.25) is 0 Å². The summed E-state index contributed by atoms with van der Waals surface area (Å²) in [5, 5.41) is 1.92. The first-order valence-corrected chi connectivity index (χ1v) is 5.26. The van der Waals surface area contributed by atoms with Gasteiger partial charge >= 0.3 is 0 Å². The second-order valence-corrected chi connectivity index (χ2v) is 3.86. The van der Waals surface area contributed by atoms with Crippen LogP contribution in [0.3, 0.4) is 0 Å². The van der Waals surface area contributed by atoms with Crippen LogP contribution < -0.4 is 4.74 Å². The summed E-state index contributed by atoms with van der Waals surface area (Å²) in [5.74, 6) is 0.577. The van der Waals surface area contributed by atoms with Gasteiger partial charge in [0.05, 0.1) is 12.0 Å². The molecular formula is C11H9NO2S. The van der Waals surface area contributed by atoms with Crippen molar-refractivity contribution in [3.05, 3.63) is 34.7 Å². The lowest BCUT2D eigenvalue weighted by molar-refractivity contribution is 0.112. The van der Waals surface area contributed by atoms with Crippen molar-refractivity contribution < 1.29 is 9.53 Å². The standard InChI is InChI=1S/C11H9NO2S/c1-14-11-10(3-2-4-12-11)8-5-9(6-13)15-7-8/h2-7H,1H3. The van der Waals surface area contributed by atoms with Gasteiger partial charge in [0.25, 0.3) is 0 Å². The van der Waals surface area contributed by atoms with Crippen molar-refractivity contribution in [1.29, 1.82) is 0 Å². The monoisotopic (exact) mass is 219 g/mol. The van der Waals surface area contributed by atoms with Gasteiger partial charge in [-0.2, -0.15) is 0 Å². The van der Waals surface area contributed by atoms with Crippen molar-refractivity contribution in [2.24, 2.45) is 0 Å². The minimum atomic E-state index is 0.577. The van der Waals surface area contributed by atoms with E-state index in [-0.39, 0.29) is 0 Å². The average molecular weight is 219 g/mol. The van der Waals surface area contributed by atoms with Crippen LogP contribution in [0, 0.1) is 0 Å². The van der Waals surface area contributed by atoms with Gasteiger partial charge in [-0.15, -0.1) is 11.3 Å². The SMILES string of the molecule is COc1ncccc1-c1csc(C=O)c1. The molecule has 76 valence electrons. The van der Waals surface area contributed by atoms with E-state index in [1.807, 2.05) is 23.6 Å². The number of ether oxygens (including phenoxy) is 1. The van der Waals surface area contributed by atoms with Crippen molar-refractivity contribution in [3.63, 3.8) is 0 Å². The zero-order valence-corrected chi connectivity index (χ0v) is 8.95. The molecule has 0 fully saturated rings. The summed E-state index contributed by atoms with van der Waals surface area (Å²) in [4.78, 5) is 15.4. The molecule has 0 unspecified atom stereocenters. The lowest BCUT2D eigenvalue weighted by Crippen LogP contribution is -1.89. The first-order valence-electron chi connectivity index (χ1n) is 4.38. The lowest BCUT2D eigenvalue weighted by Gasteiger charge is -2.03. The normalized spacial score (nSPS) is 9.93. The van der Waals surface area contributed by atoms with Gasteiger partial charge < -0.3 is 4.74 Å². The number of hydrogen-bond donors (Lipinski definition) is 0. The molecule has 2 rings (SSSR count). The lowest BCUT2D eigenvalue weighted by atomic mass is 10.1. The number of carbonyl (C=O) groups is 1. The number of pyridine rings is 1. The highest BCUT2D eigenvalue weighted by Crippen LogP contribution is 2.30. The molecule has 0 spiro atoms. The first-order chi connectivity index (χ1) is 7.35. The summed E-state index contributed by atoms with van der Waals surface area (Å²) in [7, 11) is 1.58. The van der Waals surface area contributed by atoms with E-state index in [1.54, 1.807) is 13.3 Å². The molecule has 2 heterocycles. The summed E-state index contributed by atoms with van der Waals surface area (Å²) >= 11 is 1.41. The van der Waals surface area contributed by atoms with Gasteiger partial charge in [0, 0.05) is 11.8 Å². The van der Waals surface area contributed by atoms with Crippen molar-refractivity contribution >= 4 is 17.6 Å². The molecule has 0 saturated carbocycles. The van der Waals surface area contributed by atoms with E-state index in [0.29, 0.717) is 10.8 Å². The van der Waals surface area contributed by atoms with Crippen LogP contribution >= 0.6 is 11.3 Å². The molecule has 2 aromatic rings. The summed E-state index contributed by atoms with van der Waals surface area (Å²) in [6.45, 7) is 0. The van der Waals surface area contributed by atoms with Gasteiger partial charge in [-0.25, -0.2) is 4.98 Å². The summed E-state index contributed by atoms with van der Waals surface area (Å²) in [5.41, 5.74) is 1.87. The van der Waals surface area contributed by atoms with E-state index in [1.165, 1.54) is 11.3 Å². The predicted molar refractivity (Wildman–Crippen MR) is 59.5 cm³/mol. The third kappa shape index (κ3) is 1.89. The van der Waals surface area contributed by atoms with E-state index in [9.17, 15) is 4.79 Å². The van der Waals surface area contributed by atoms with Gasteiger partial charge in [0.15, 0.2) is 6.29 Å². The fourth-order valence-electron chi connectivity index (χ4n) is 1.33. The Morgan fingerprint density at radius 1 is 1.53 bits per heavy atom. The molecule has 0 radical (unpaired) electrons. The van der Waals surface area contributed by atoms with Crippen molar-refractivity contribution in [2.45, 2.75) is 0 Å². The minimum Gasteiger partial charge on any atom is -0.481 e. The third-order valence-electron chi connectivity index (χ3n) is 2.01. The molecule has 0 saturated heterocycles. The molecule has 0 aromatic carbocycles. The molecule has 0 aliphatic heterocycles. The van der Waals surface area contributed by atoms with E-state index in [4.69, 9.17) is 4.74 Å². The van der Waals surface area contributed by atoms with Crippen molar-refractivity contribution in [1.82, 2.24) is 4.98 Å². The van der Waals surface area contributed by atoms with Gasteiger partial charge in [-0.3, -0.25) is 4.79 Å². The molecule has 0 aliphatic rings. The van der Waals surface area contributed by atoms with E-state index < -0.39 is 0 Å². The zero-order chi connectivity index (χ0) is 10.7. The third-order valence-corrected chi connectivity index (χ3v) is 2.87. The Morgan fingerprint density at radius 2 is 2.40 bits per heavy atom. The molecule has 4 heteroatoms. The molecule has 0 aliphatic carbocycles. The molecule has 0 bridgehead atoms. The molecule has 0 atom stereocenters. The highest BCUT2D eigenvalue weighted by Gasteiger charge is 2.07. The first kappa shape index (κ1) is 9.86. The number of aldehydes is 1. The molecule has 15 heavy (non-hydrogen) atoms. The molecule has 3 nitrogen and oxygen atoms in total. The van der Waals surface area contributed by atoms with Crippen LogP contribution in [0.15, 0.2) is 29.8 Å². The molecule has 0 amide bonds. The van der Waals surface area contributed by atoms with Gasteiger partial charge in [0.1, 0.15) is 0 Å². The largest absolute Gasteiger partial charge is 0.481 e. The maximum atomic E-state index is 10.6. The van der Waals surface area contributed by atoms with Gasteiger partial charge in [-0.05, 0) is 29.1 Å². The maximum absolute atomic E-state index is 10.6. The maximum Gasteiger partial charge on any atom is 0.221 e. The quantitative estimate of drug-likeness (QED) is 0.745. The van der Waals surface area contributed by atoms with Gasteiger partial charge in [0.2, 0.25) is 5.88 Å². The van der Waals surface area contributed by atoms with Crippen LogP contribution in [0.25, 0.3) is 11.1 Å². The van der Waals surface area contributed by atoms with Crippen molar-refractivity contribution in [2.75, 3.05) is 7.11 Å². The summed E-state index contributed by atoms with van der Waals surface area (Å²) < 4.78 is 5.15. The summed E-state index contributed by atoms with van der Waals surface area (Å²) in [6, 6.07) is 5.59. The van der Waals surface area contributed by atoms with E-state index in [2.05, 4.69) is 4.98 Å². The fraction of sp³-hybridized carbons (Fsp3) is 0.0909. The van der Waals surface area contributed by atoms with E-state index in [0.717, 1.165) is 17.4 Å². The Bertz CT molecular complexity index is 479. The Kier molecular flexibility index (Phi) is 2.78. The molecule has 0 N–H and O–H groups in total. The Morgan fingerprint density at radius 3 is 3.07 bits per heavy atom. The number of methoxy groups -OCH3 is 1. The Hall–Kier alpha value is -1.68. The minimum absolute atomic E-state index is 0.577. The zero-order valence-electron chi connectivity index (χ0n) is 8.14. The average Bonchev–Trinajstić information content (AvgIpc) is 2.77. The highest BCUT2D eigenvalue weighted by molar-refractivity contribution is 7.12. The van der Waals surface area contributed by atoms with Crippen LogP contribution in [0.5, 0.6) is 5.88 Å². The number of thiophene rings is 1. The molecular weight excluding hydrogens is 210 g/mol. The number of hydrogen-bond acceptors (Lipinski definition) is 4. The molecule has 2 aromatic heterocycles. The Labute approximate surface area is 91.4 Å². The fourth-order valence-corrected chi connectivity index (χ4v) is 2.04. The second-order valence-electron chi connectivity index (χ2n) is 2.92. The van der Waals surface area contributed by atoms with E-state index >= 15 is 0 Å². The smallest absolute Gasteiger partial charge is 0.221 e. The van der Waals surface area contributed by atoms with Crippen LogP contribution in [-0.2, 0) is 0 Å². The highest BCUT2D eigenvalue weighted by atomic mass is 32.1. The van der Waals surface area contributed by atoms with Crippen LogP contribution in [0.1, 0.15) is 9.67 Å². The summed E-state index contributed by atoms with van der Waals surface area (Å²) in [6.07, 6.45) is 2.52. The second kappa shape index (κ2) is 4.23. The number of aromatic nitrogens is 1. The van der Waals surface area contributed by atoms with Crippen LogP contribution in [-0.4, -0.2) is 18.4 Å². The van der Waals surface area contributed by atoms with Gasteiger partial charge in [-0.1, -0.05) is 0 Å². The van der Waals surface area contributed by atoms with Crippen LogP contribution in [0.4, 0.5) is 0 Å². The predicted octanol–water partition coefficient (Wildman–Crippen LogP) is 2.63. The number of carbonyl (C=O) groups excluding carboxylic acids is 1. The number of rotatable bonds is 3. The number of nitrogens with zero attached hydrogens (tertiary/aromatic N) is 1.